The fourth-order valence-corrected chi connectivity index (χ4v) is 2.22. The van der Waals surface area contributed by atoms with Crippen LogP contribution in [0.4, 0.5) is 10.1 Å². The zero-order valence-corrected chi connectivity index (χ0v) is 13.8. The van der Waals surface area contributed by atoms with Gasteiger partial charge >= 0.3 is 0 Å². The Hall–Kier alpha value is -3.22. The summed E-state index contributed by atoms with van der Waals surface area (Å²) in [5.74, 6) is -0.272. The Morgan fingerprint density at radius 1 is 1.20 bits per heavy atom. The van der Waals surface area contributed by atoms with E-state index < -0.39 is 5.60 Å². The van der Waals surface area contributed by atoms with Crippen LogP contribution >= 0.6 is 0 Å². The molecular weight excluding hydrogens is 323 g/mol. The number of amides is 1. The lowest BCUT2D eigenvalue weighted by Crippen LogP contribution is -2.42. The average molecular weight is 340 g/mol. The number of nitrogens with zero attached hydrogens (tertiary/aromatic N) is 2. The van der Waals surface area contributed by atoms with Gasteiger partial charge in [0.1, 0.15) is 17.3 Å². The highest BCUT2D eigenvalue weighted by molar-refractivity contribution is 5.97. The molecule has 0 spiro atoms. The zero-order chi connectivity index (χ0) is 17.9. The number of anilines is 1. The van der Waals surface area contributed by atoms with Crippen LogP contribution in [0.1, 0.15) is 13.8 Å². The number of carbonyl (C=O) groups excluding carboxylic acids is 1. The lowest BCUT2D eigenvalue weighted by atomic mass is 10.1. The van der Waals surface area contributed by atoms with Crippen LogP contribution < -0.4 is 10.1 Å². The molecule has 0 saturated carbocycles. The number of aromatic amines is 1. The Balaban J connectivity index is 1.72. The molecule has 128 valence electrons. The van der Waals surface area contributed by atoms with Crippen LogP contribution in [0, 0.1) is 5.82 Å². The molecule has 7 heteroatoms. The van der Waals surface area contributed by atoms with Crippen LogP contribution in [-0.2, 0) is 4.79 Å². The van der Waals surface area contributed by atoms with Crippen LogP contribution in [0.25, 0.3) is 11.3 Å². The Morgan fingerprint density at radius 3 is 2.64 bits per heavy atom. The molecule has 1 aromatic heterocycles. The predicted octanol–water partition coefficient (Wildman–Crippen LogP) is 3.41. The summed E-state index contributed by atoms with van der Waals surface area (Å²) >= 11 is 0. The molecule has 3 aromatic rings. The Bertz CT molecular complexity index is 861. The van der Waals surface area contributed by atoms with Crippen molar-refractivity contribution in [2.75, 3.05) is 5.32 Å². The van der Waals surface area contributed by atoms with Crippen molar-refractivity contribution in [2.45, 2.75) is 19.4 Å². The maximum Gasteiger partial charge on any atom is 0.267 e. The van der Waals surface area contributed by atoms with Gasteiger partial charge in [-0.25, -0.2) is 4.39 Å². The topological polar surface area (TPSA) is 79.9 Å². The molecule has 1 amide bonds. The van der Waals surface area contributed by atoms with Crippen molar-refractivity contribution >= 4 is 11.6 Å². The molecule has 3 rings (SSSR count). The van der Waals surface area contributed by atoms with Gasteiger partial charge in [-0.1, -0.05) is 12.1 Å². The smallest absolute Gasteiger partial charge is 0.267 e. The van der Waals surface area contributed by atoms with Gasteiger partial charge in [-0.2, -0.15) is 15.4 Å². The number of H-pyrrole nitrogens is 1. The number of hydrogen-bond donors (Lipinski definition) is 2. The minimum atomic E-state index is -1.14. The minimum Gasteiger partial charge on any atom is -0.478 e. The number of nitrogens with one attached hydrogen (secondary N) is 2. The predicted molar refractivity (Wildman–Crippen MR) is 91.6 cm³/mol. The number of halogens is 1. The number of rotatable bonds is 5. The molecule has 0 saturated heterocycles. The van der Waals surface area contributed by atoms with Crippen LogP contribution in [0.5, 0.6) is 5.75 Å². The van der Waals surface area contributed by atoms with Gasteiger partial charge in [-0.15, -0.1) is 0 Å². The van der Waals surface area contributed by atoms with E-state index in [1.54, 1.807) is 32.2 Å². The number of hydrogen-bond acceptors (Lipinski definition) is 4. The lowest BCUT2D eigenvalue weighted by molar-refractivity contribution is -0.128. The second-order valence-corrected chi connectivity index (χ2v) is 5.96. The van der Waals surface area contributed by atoms with Gasteiger partial charge in [0.25, 0.3) is 5.91 Å². The van der Waals surface area contributed by atoms with E-state index >= 15 is 0 Å². The summed E-state index contributed by atoms with van der Waals surface area (Å²) in [6.45, 7) is 3.29. The monoisotopic (exact) mass is 340 g/mol. The second-order valence-electron chi connectivity index (χ2n) is 5.96. The average Bonchev–Trinajstić information content (AvgIpc) is 3.11. The van der Waals surface area contributed by atoms with E-state index in [0.717, 1.165) is 5.56 Å². The van der Waals surface area contributed by atoms with Gasteiger partial charge in [0.15, 0.2) is 5.60 Å². The van der Waals surface area contributed by atoms with E-state index in [1.807, 2.05) is 12.1 Å². The van der Waals surface area contributed by atoms with Gasteiger partial charge in [-0.3, -0.25) is 4.79 Å². The molecule has 2 N–H and O–H groups in total. The first kappa shape index (κ1) is 16.6. The van der Waals surface area contributed by atoms with Crippen molar-refractivity contribution in [3.05, 3.63) is 60.5 Å². The standard InChI is InChI=1S/C18H17FN4O2/c1-18(2,25-15-8-6-13(19)7-9-15)17(24)21-14-5-3-4-12(10-14)16-11-20-23-22-16/h3-11H,1-2H3,(H,21,24)(H,20,22,23). The van der Waals surface area contributed by atoms with Crippen molar-refractivity contribution in [1.82, 2.24) is 15.4 Å². The maximum absolute atomic E-state index is 13.0. The highest BCUT2D eigenvalue weighted by Crippen LogP contribution is 2.23. The molecule has 0 atom stereocenters. The second kappa shape index (κ2) is 6.72. The van der Waals surface area contributed by atoms with Crippen molar-refractivity contribution in [2.24, 2.45) is 0 Å². The van der Waals surface area contributed by atoms with E-state index in [9.17, 15) is 9.18 Å². The van der Waals surface area contributed by atoms with Crippen LogP contribution in [-0.4, -0.2) is 26.9 Å². The molecule has 6 nitrogen and oxygen atoms in total. The first-order chi connectivity index (χ1) is 11.9. The third kappa shape index (κ3) is 4.00. The molecular formula is C18H17FN4O2. The number of benzene rings is 2. The van der Waals surface area contributed by atoms with E-state index in [1.165, 1.54) is 24.3 Å². The molecule has 1 heterocycles. The van der Waals surface area contributed by atoms with Crippen molar-refractivity contribution < 1.29 is 13.9 Å². The van der Waals surface area contributed by atoms with Crippen LogP contribution in [0.15, 0.2) is 54.7 Å². The van der Waals surface area contributed by atoms with Gasteiger partial charge in [0, 0.05) is 11.3 Å². The molecule has 0 aliphatic heterocycles. The molecule has 0 aliphatic carbocycles. The Morgan fingerprint density at radius 2 is 1.96 bits per heavy atom. The van der Waals surface area contributed by atoms with Crippen molar-refractivity contribution in [3.63, 3.8) is 0 Å². The summed E-state index contributed by atoms with van der Waals surface area (Å²) in [4.78, 5) is 12.6. The third-order valence-corrected chi connectivity index (χ3v) is 3.56. The minimum absolute atomic E-state index is 0.325. The van der Waals surface area contributed by atoms with Gasteiger partial charge in [0.05, 0.1) is 6.20 Å². The van der Waals surface area contributed by atoms with Gasteiger partial charge < -0.3 is 10.1 Å². The quantitative estimate of drug-likeness (QED) is 0.746. The molecule has 0 bridgehead atoms. The Labute approximate surface area is 144 Å². The van der Waals surface area contributed by atoms with Crippen LogP contribution in [0.3, 0.4) is 0 Å². The normalized spacial score (nSPS) is 11.2. The molecule has 25 heavy (non-hydrogen) atoms. The third-order valence-electron chi connectivity index (χ3n) is 3.56. The van der Waals surface area contributed by atoms with E-state index in [4.69, 9.17) is 4.74 Å². The summed E-state index contributed by atoms with van der Waals surface area (Å²) in [5, 5.41) is 13.2. The van der Waals surface area contributed by atoms with Crippen molar-refractivity contribution in [3.8, 4) is 17.0 Å². The molecule has 0 fully saturated rings. The lowest BCUT2D eigenvalue weighted by Gasteiger charge is -2.25. The fraction of sp³-hybridized carbons (Fsp3) is 0.167. The highest BCUT2D eigenvalue weighted by atomic mass is 19.1. The summed E-state index contributed by atoms with van der Waals surface area (Å²) in [7, 11) is 0. The molecule has 0 unspecified atom stereocenters. The summed E-state index contributed by atoms with van der Waals surface area (Å²) < 4.78 is 18.7. The first-order valence-corrected chi connectivity index (χ1v) is 7.66. The summed E-state index contributed by atoms with van der Waals surface area (Å²) in [6, 6.07) is 12.8. The largest absolute Gasteiger partial charge is 0.478 e. The number of aromatic nitrogens is 3. The number of ether oxygens (including phenoxy) is 1. The fourth-order valence-electron chi connectivity index (χ4n) is 2.22. The summed E-state index contributed by atoms with van der Waals surface area (Å²) in [5.41, 5.74) is 0.977. The van der Waals surface area contributed by atoms with Crippen LogP contribution in [0.2, 0.25) is 0 Å². The molecule has 0 aliphatic rings. The first-order valence-electron chi connectivity index (χ1n) is 7.66. The van der Waals surface area contributed by atoms with Gasteiger partial charge in [0.2, 0.25) is 0 Å². The van der Waals surface area contributed by atoms with E-state index in [2.05, 4.69) is 20.7 Å². The van der Waals surface area contributed by atoms with Gasteiger partial charge in [-0.05, 0) is 50.2 Å². The number of carbonyl (C=O) groups is 1. The molecule has 0 radical (unpaired) electrons. The maximum atomic E-state index is 13.0. The Kier molecular flexibility index (Phi) is 4.47. The molecule has 2 aromatic carbocycles. The summed E-state index contributed by atoms with van der Waals surface area (Å²) in [6.07, 6.45) is 1.60. The highest BCUT2D eigenvalue weighted by Gasteiger charge is 2.30. The SMILES string of the molecule is CC(C)(Oc1ccc(F)cc1)C(=O)Nc1cccc(-c2cn[nH]n2)c1. The van der Waals surface area contributed by atoms with E-state index in [0.29, 0.717) is 17.1 Å². The van der Waals surface area contributed by atoms with E-state index in [-0.39, 0.29) is 11.7 Å². The zero-order valence-electron chi connectivity index (χ0n) is 13.8. The van der Waals surface area contributed by atoms with Crippen molar-refractivity contribution in [1.29, 1.82) is 0 Å².